The first-order chi connectivity index (χ1) is 14.6. The zero-order chi connectivity index (χ0) is 20.9. The third-order valence-corrected chi connectivity index (χ3v) is 5.93. The predicted octanol–water partition coefficient (Wildman–Crippen LogP) is 5.62. The first-order valence-electron chi connectivity index (χ1n) is 10.2. The lowest BCUT2D eigenvalue weighted by Crippen LogP contribution is -2.48. The Balaban J connectivity index is 1.49. The molecule has 5 heteroatoms. The van der Waals surface area contributed by atoms with Gasteiger partial charge in [-0.1, -0.05) is 41.9 Å². The van der Waals surface area contributed by atoms with Crippen LogP contribution in [-0.4, -0.2) is 36.9 Å². The number of rotatable bonds is 6. The van der Waals surface area contributed by atoms with Crippen molar-refractivity contribution in [2.75, 3.05) is 31.1 Å². The highest BCUT2D eigenvalue weighted by atomic mass is 35.5. The molecule has 0 bridgehead atoms. The van der Waals surface area contributed by atoms with Gasteiger partial charge in [0.2, 0.25) is 0 Å². The van der Waals surface area contributed by atoms with Crippen LogP contribution in [0.5, 0.6) is 0 Å². The number of halogens is 2. The maximum absolute atomic E-state index is 13.2. The molecule has 0 aliphatic carbocycles. The lowest BCUT2D eigenvalue weighted by molar-refractivity contribution is 0.0910. The number of anilines is 1. The van der Waals surface area contributed by atoms with Crippen LogP contribution in [0.1, 0.15) is 28.4 Å². The normalized spacial score (nSPS) is 15.7. The summed E-state index contributed by atoms with van der Waals surface area (Å²) >= 11 is 5.97. The first-order valence-corrected chi connectivity index (χ1v) is 10.6. The fraction of sp³-hybridized carbons (Fsp3) is 0.240. The summed E-state index contributed by atoms with van der Waals surface area (Å²) < 4.78 is 13.2. The number of carbonyl (C=O) groups is 1. The second-order valence-corrected chi connectivity index (χ2v) is 8.00. The van der Waals surface area contributed by atoms with Crippen molar-refractivity contribution in [1.82, 2.24) is 4.90 Å². The molecule has 1 aliphatic heterocycles. The van der Waals surface area contributed by atoms with Crippen LogP contribution in [-0.2, 0) is 0 Å². The molecule has 1 aliphatic rings. The van der Waals surface area contributed by atoms with E-state index in [1.54, 1.807) is 24.3 Å². The van der Waals surface area contributed by atoms with Crippen molar-refractivity contribution in [3.63, 3.8) is 0 Å². The summed E-state index contributed by atoms with van der Waals surface area (Å²) in [6.45, 7) is 3.35. The lowest BCUT2D eigenvalue weighted by atomic mass is 9.96. The Morgan fingerprint density at radius 3 is 2.13 bits per heavy atom. The number of piperazine rings is 1. The van der Waals surface area contributed by atoms with Gasteiger partial charge in [-0.2, -0.15) is 0 Å². The highest BCUT2D eigenvalue weighted by molar-refractivity contribution is 6.30. The maximum Gasteiger partial charge on any atom is 0.164 e. The molecule has 0 aromatic heterocycles. The Bertz CT molecular complexity index is 968. The minimum Gasteiger partial charge on any atom is -0.369 e. The molecule has 3 aromatic carbocycles. The minimum absolute atomic E-state index is 0.0183. The van der Waals surface area contributed by atoms with Crippen LogP contribution in [0.2, 0.25) is 5.02 Å². The zero-order valence-electron chi connectivity index (χ0n) is 16.7. The number of Topliss-reactive ketones (excluding diaryl/α,β-unsaturated/α-hetero) is 1. The third-order valence-electron chi connectivity index (χ3n) is 5.68. The smallest absolute Gasteiger partial charge is 0.164 e. The second kappa shape index (κ2) is 9.41. The highest BCUT2D eigenvalue weighted by Gasteiger charge is 2.27. The van der Waals surface area contributed by atoms with Gasteiger partial charge in [0.1, 0.15) is 5.82 Å². The first kappa shape index (κ1) is 20.6. The second-order valence-electron chi connectivity index (χ2n) is 7.56. The number of hydrogen-bond acceptors (Lipinski definition) is 3. The van der Waals surface area contributed by atoms with E-state index in [0.717, 1.165) is 37.4 Å². The van der Waals surface area contributed by atoms with Crippen LogP contribution >= 0.6 is 11.6 Å². The Kier molecular flexibility index (Phi) is 6.46. The van der Waals surface area contributed by atoms with Crippen LogP contribution in [0, 0.1) is 5.82 Å². The molecule has 4 rings (SSSR count). The highest BCUT2D eigenvalue weighted by Crippen LogP contribution is 2.28. The van der Waals surface area contributed by atoms with Gasteiger partial charge in [-0.3, -0.25) is 9.69 Å². The Morgan fingerprint density at radius 2 is 1.50 bits per heavy atom. The van der Waals surface area contributed by atoms with E-state index in [9.17, 15) is 9.18 Å². The Morgan fingerprint density at radius 1 is 0.867 bits per heavy atom. The fourth-order valence-electron chi connectivity index (χ4n) is 4.01. The number of ketones is 1. The van der Waals surface area contributed by atoms with Crippen LogP contribution in [0.25, 0.3) is 0 Å². The van der Waals surface area contributed by atoms with Gasteiger partial charge in [0.15, 0.2) is 5.78 Å². The van der Waals surface area contributed by atoms with E-state index in [1.807, 2.05) is 30.3 Å². The summed E-state index contributed by atoms with van der Waals surface area (Å²) in [5.41, 5.74) is 2.87. The Hall–Kier alpha value is -2.69. The minimum atomic E-state index is -0.220. The van der Waals surface area contributed by atoms with Crippen molar-refractivity contribution in [2.24, 2.45) is 0 Å². The monoisotopic (exact) mass is 422 g/mol. The average Bonchev–Trinajstić information content (AvgIpc) is 2.79. The molecule has 3 aromatic rings. The van der Waals surface area contributed by atoms with E-state index in [2.05, 4.69) is 21.9 Å². The van der Waals surface area contributed by atoms with Gasteiger partial charge in [0, 0.05) is 54.9 Å². The summed E-state index contributed by atoms with van der Waals surface area (Å²) in [5, 5.41) is 0.628. The Labute approximate surface area is 181 Å². The molecule has 30 heavy (non-hydrogen) atoms. The molecule has 0 unspecified atom stereocenters. The number of nitrogens with zero attached hydrogens (tertiary/aromatic N) is 2. The third kappa shape index (κ3) is 4.89. The maximum atomic E-state index is 13.2. The molecule has 1 atom stereocenters. The van der Waals surface area contributed by atoms with Gasteiger partial charge in [-0.05, 0) is 54.1 Å². The van der Waals surface area contributed by atoms with Gasteiger partial charge in [0.25, 0.3) is 0 Å². The molecule has 1 saturated heterocycles. The van der Waals surface area contributed by atoms with Crippen molar-refractivity contribution in [3.05, 3.63) is 101 Å². The van der Waals surface area contributed by atoms with Gasteiger partial charge < -0.3 is 4.90 Å². The molecule has 0 radical (unpaired) electrons. The summed E-state index contributed by atoms with van der Waals surface area (Å²) in [7, 11) is 0. The van der Waals surface area contributed by atoms with Crippen LogP contribution in [0.4, 0.5) is 10.1 Å². The van der Waals surface area contributed by atoms with Crippen molar-refractivity contribution in [1.29, 1.82) is 0 Å². The molecule has 0 N–H and O–H groups in total. The molecule has 3 nitrogen and oxygen atoms in total. The molecule has 1 fully saturated rings. The van der Waals surface area contributed by atoms with Gasteiger partial charge in [0.05, 0.1) is 0 Å². The topological polar surface area (TPSA) is 23.6 Å². The molecule has 0 saturated carbocycles. The molecular formula is C25H24ClFN2O. The lowest BCUT2D eigenvalue weighted by Gasteiger charge is -2.40. The van der Waals surface area contributed by atoms with E-state index in [4.69, 9.17) is 11.6 Å². The van der Waals surface area contributed by atoms with Crippen LogP contribution in [0.3, 0.4) is 0 Å². The molecular weight excluding hydrogens is 399 g/mol. The largest absolute Gasteiger partial charge is 0.369 e. The van der Waals surface area contributed by atoms with Gasteiger partial charge >= 0.3 is 0 Å². The predicted molar refractivity (Wildman–Crippen MR) is 120 cm³/mol. The van der Waals surface area contributed by atoms with Gasteiger partial charge in [-0.15, -0.1) is 0 Å². The van der Waals surface area contributed by atoms with Gasteiger partial charge in [-0.25, -0.2) is 4.39 Å². The summed E-state index contributed by atoms with van der Waals surface area (Å²) in [6.07, 6.45) is 0.419. The van der Waals surface area contributed by atoms with E-state index in [0.29, 0.717) is 17.0 Å². The standard InChI is InChI=1S/C25H24ClFN2O/c26-21-8-6-20(7-9-21)25(30)18-24(19-4-2-1-3-5-19)29-16-14-28(15-17-29)23-12-10-22(27)11-13-23/h1-13,24H,14-18H2/t24-/m0/s1. The SMILES string of the molecule is O=C(C[C@@H](c1ccccc1)N1CCN(c2ccc(F)cc2)CC1)c1ccc(Cl)cc1. The van der Waals surface area contributed by atoms with Crippen molar-refractivity contribution >= 4 is 23.1 Å². The number of benzene rings is 3. The number of carbonyl (C=O) groups excluding carboxylic acids is 1. The average molecular weight is 423 g/mol. The van der Waals surface area contributed by atoms with Crippen molar-refractivity contribution in [3.8, 4) is 0 Å². The quantitative estimate of drug-likeness (QED) is 0.482. The van der Waals surface area contributed by atoms with E-state index >= 15 is 0 Å². The van der Waals surface area contributed by atoms with Crippen molar-refractivity contribution in [2.45, 2.75) is 12.5 Å². The molecule has 154 valence electrons. The zero-order valence-corrected chi connectivity index (χ0v) is 17.4. The van der Waals surface area contributed by atoms with Crippen LogP contribution < -0.4 is 4.90 Å². The number of hydrogen-bond donors (Lipinski definition) is 0. The van der Waals surface area contributed by atoms with E-state index in [-0.39, 0.29) is 17.6 Å². The van der Waals surface area contributed by atoms with Crippen LogP contribution in [0.15, 0.2) is 78.9 Å². The van der Waals surface area contributed by atoms with E-state index < -0.39 is 0 Å². The molecule has 1 heterocycles. The summed E-state index contributed by atoms with van der Waals surface area (Å²) in [4.78, 5) is 17.6. The molecule has 0 spiro atoms. The summed E-state index contributed by atoms with van der Waals surface area (Å²) in [5.74, 6) is -0.108. The summed E-state index contributed by atoms with van der Waals surface area (Å²) in [6, 6.07) is 24.0. The van der Waals surface area contributed by atoms with E-state index in [1.165, 1.54) is 12.1 Å². The van der Waals surface area contributed by atoms with Crippen molar-refractivity contribution < 1.29 is 9.18 Å². The molecule has 0 amide bonds. The fourth-order valence-corrected chi connectivity index (χ4v) is 4.13.